The van der Waals surface area contributed by atoms with E-state index in [2.05, 4.69) is 30.7 Å². The molecule has 2 N–H and O–H groups in total. The third-order valence-electron chi connectivity index (χ3n) is 3.75. The minimum atomic E-state index is 0.0167. The number of likely N-dealkylation sites (tertiary alicyclic amines) is 1. The zero-order valence-electron chi connectivity index (χ0n) is 12.1. The molecule has 0 aromatic carbocycles. The fourth-order valence-corrected chi connectivity index (χ4v) is 2.70. The van der Waals surface area contributed by atoms with Crippen LogP contribution >= 0.6 is 0 Å². The number of piperidine rings is 1. The molecule has 2 atom stereocenters. The van der Waals surface area contributed by atoms with Crippen LogP contribution in [0.3, 0.4) is 0 Å². The number of carbonyl (C=O) groups excluding carboxylic acids is 1. The number of nitrogens with two attached hydrogens (primary N) is 1. The van der Waals surface area contributed by atoms with E-state index in [1.165, 1.54) is 6.42 Å². The van der Waals surface area contributed by atoms with Crippen molar-refractivity contribution in [1.29, 1.82) is 0 Å². The predicted molar refractivity (Wildman–Crippen MR) is 79.1 cm³/mol. The van der Waals surface area contributed by atoms with Crippen molar-refractivity contribution in [2.45, 2.75) is 45.2 Å². The van der Waals surface area contributed by atoms with Gasteiger partial charge in [-0.05, 0) is 45.2 Å². The van der Waals surface area contributed by atoms with Crippen molar-refractivity contribution in [3.8, 4) is 11.8 Å². The summed E-state index contributed by atoms with van der Waals surface area (Å²) in [6.07, 6.45) is 4.95. The van der Waals surface area contributed by atoms with E-state index in [-0.39, 0.29) is 18.0 Å². The van der Waals surface area contributed by atoms with Crippen LogP contribution in [0, 0.1) is 11.8 Å². The maximum atomic E-state index is 12.6. The zero-order chi connectivity index (χ0) is 14.5. The summed E-state index contributed by atoms with van der Waals surface area (Å²) in [6, 6.07) is 4.13. The third kappa shape index (κ3) is 3.17. The molecule has 0 aliphatic carbocycles. The summed E-state index contributed by atoms with van der Waals surface area (Å²) in [4.78, 5) is 18.7. The van der Waals surface area contributed by atoms with Crippen molar-refractivity contribution >= 4 is 5.91 Å². The van der Waals surface area contributed by atoms with E-state index in [0.29, 0.717) is 12.2 Å². The van der Waals surface area contributed by atoms with Crippen LogP contribution in [-0.4, -0.2) is 34.4 Å². The minimum absolute atomic E-state index is 0.0167. The molecule has 4 nitrogen and oxygen atoms in total. The summed E-state index contributed by atoms with van der Waals surface area (Å²) in [6.45, 7) is 4.53. The molecule has 1 aliphatic rings. The summed E-state index contributed by atoms with van der Waals surface area (Å²) in [5.41, 5.74) is 6.60. The molecule has 2 rings (SSSR count). The molecule has 1 aliphatic heterocycles. The molecule has 1 aromatic heterocycles. The molecular formula is C16H21N3O. The van der Waals surface area contributed by atoms with Gasteiger partial charge >= 0.3 is 0 Å². The van der Waals surface area contributed by atoms with E-state index in [9.17, 15) is 4.79 Å². The molecule has 0 radical (unpaired) electrons. The van der Waals surface area contributed by atoms with Gasteiger partial charge in [-0.1, -0.05) is 11.8 Å². The molecule has 20 heavy (non-hydrogen) atoms. The molecular weight excluding hydrogens is 250 g/mol. The number of carbonyl (C=O) groups is 1. The topological polar surface area (TPSA) is 59.2 Å². The van der Waals surface area contributed by atoms with Crippen LogP contribution < -0.4 is 5.73 Å². The SMILES string of the molecule is C[C@@H]1CCC[C@H](C)N1C(=O)c1ccc(C#CCN)cn1. The number of rotatable bonds is 1. The van der Waals surface area contributed by atoms with Gasteiger partial charge < -0.3 is 10.6 Å². The van der Waals surface area contributed by atoms with Gasteiger partial charge in [0.05, 0.1) is 6.54 Å². The van der Waals surface area contributed by atoms with Crippen LogP contribution in [-0.2, 0) is 0 Å². The minimum Gasteiger partial charge on any atom is -0.332 e. The van der Waals surface area contributed by atoms with Gasteiger partial charge in [0.2, 0.25) is 0 Å². The molecule has 0 saturated carbocycles. The zero-order valence-corrected chi connectivity index (χ0v) is 12.1. The smallest absolute Gasteiger partial charge is 0.272 e. The molecule has 1 saturated heterocycles. The average Bonchev–Trinajstić information content (AvgIpc) is 2.45. The lowest BCUT2D eigenvalue weighted by molar-refractivity contribution is 0.0504. The number of aromatic nitrogens is 1. The van der Waals surface area contributed by atoms with Crippen LogP contribution in [0.15, 0.2) is 18.3 Å². The number of nitrogens with zero attached hydrogens (tertiary/aromatic N) is 2. The van der Waals surface area contributed by atoms with E-state index in [1.807, 2.05) is 11.0 Å². The Balaban J connectivity index is 2.16. The third-order valence-corrected chi connectivity index (χ3v) is 3.75. The maximum absolute atomic E-state index is 12.6. The van der Waals surface area contributed by atoms with Gasteiger partial charge in [0.25, 0.3) is 5.91 Å². The predicted octanol–water partition coefficient (Wildman–Crippen LogP) is 1.79. The monoisotopic (exact) mass is 271 g/mol. The fraction of sp³-hybridized carbons (Fsp3) is 0.500. The van der Waals surface area contributed by atoms with Crippen molar-refractivity contribution in [1.82, 2.24) is 9.88 Å². The Hall–Kier alpha value is -1.86. The van der Waals surface area contributed by atoms with Gasteiger partial charge in [0.15, 0.2) is 0 Å². The number of hydrogen-bond acceptors (Lipinski definition) is 3. The summed E-state index contributed by atoms with van der Waals surface area (Å²) in [5, 5.41) is 0. The van der Waals surface area contributed by atoms with Crippen molar-refractivity contribution in [2.75, 3.05) is 6.54 Å². The molecule has 1 aromatic rings. The molecule has 4 heteroatoms. The van der Waals surface area contributed by atoms with Crippen molar-refractivity contribution in [3.63, 3.8) is 0 Å². The highest BCUT2D eigenvalue weighted by molar-refractivity contribution is 5.92. The van der Waals surface area contributed by atoms with Gasteiger partial charge in [-0.25, -0.2) is 4.98 Å². The Kier molecular flexibility index (Phi) is 4.75. The first-order valence-electron chi connectivity index (χ1n) is 7.11. The van der Waals surface area contributed by atoms with Crippen molar-refractivity contribution in [3.05, 3.63) is 29.6 Å². The van der Waals surface area contributed by atoms with Gasteiger partial charge in [0, 0.05) is 23.8 Å². The first kappa shape index (κ1) is 14.5. The first-order chi connectivity index (χ1) is 9.63. The van der Waals surface area contributed by atoms with E-state index < -0.39 is 0 Å². The van der Waals surface area contributed by atoms with Gasteiger partial charge in [-0.2, -0.15) is 0 Å². The van der Waals surface area contributed by atoms with Gasteiger partial charge in [0.1, 0.15) is 5.69 Å². The summed E-state index contributed by atoms with van der Waals surface area (Å²) in [5.74, 6) is 5.69. The molecule has 1 fully saturated rings. The molecule has 106 valence electrons. The average molecular weight is 271 g/mol. The Morgan fingerprint density at radius 3 is 2.65 bits per heavy atom. The second-order valence-corrected chi connectivity index (χ2v) is 5.28. The highest BCUT2D eigenvalue weighted by Gasteiger charge is 2.30. The van der Waals surface area contributed by atoms with E-state index in [4.69, 9.17) is 5.73 Å². The van der Waals surface area contributed by atoms with Crippen LogP contribution in [0.5, 0.6) is 0 Å². The number of hydrogen-bond donors (Lipinski definition) is 1. The fourth-order valence-electron chi connectivity index (χ4n) is 2.70. The summed E-state index contributed by atoms with van der Waals surface area (Å²) >= 11 is 0. The first-order valence-corrected chi connectivity index (χ1v) is 7.11. The lowest BCUT2D eigenvalue weighted by atomic mass is 9.97. The lowest BCUT2D eigenvalue weighted by Crippen LogP contribution is -2.47. The van der Waals surface area contributed by atoms with E-state index in [1.54, 1.807) is 12.3 Å². The summed E-state index contributed by atoms with van der Waals surface area (Å²) in [7, 11) is 0. The highest BCUT2D eigenvalue weighted by atomic mass is 16.2. The molecule has 0 bridgehead atoms. The Bertz CT molecular complexity index is 517. The highest BCUT2D eigenvalue weighted by Crippen LogP contribution is 2.24. The van der Waals surface area contributed by atoms with Crippen LogP contribution in [0.1, 0.15) is 49.2 Å². The van der Waals surface area contributed by atoms with Crippen molar-refractivity contribution in [2.24, 2.45) is 5.73 Å². The normalized spacial score (nSPS) is 22.1. The summed E-state index contributed by atoms with van der Waals surface area (Å²) < 4.78 is 0. The Labute approximate surface area is 120 Å². The van der Waals surface area contributed by atoms with Crippen LogP contribution in [0.25, 0.3) is 0 Å². The molecule has 2 heterocycles. The largest absolute Gasteiger partial charge is 0.332 e. The second kappa shape index (κ2) is 6.53. The number of amides is 1. The molecule has 0 spiro atoms. The number of pyridine rings is 1. The standard InChI is InChI=1S/C16H21N3O/c1-12-5-3-6-13(2)19(12)16(20)15-9-8-14(11-18-15)7-4-10-17/h8-9,11-13H,3,5-6,10,17H2,1-2H3/t12-,13+. The lowest BCUT2D eigenvalue weighted by Gasteiger charge is -2.38. The Morgan fingerprint density at radius 1 is 1.40 bits per heavy atom. The van der Waals surface area contributed by atoms with Crippen LogP contribution in [0.4, 0.5) is 0 Å². The van der Waals surface area contributed by atoms with E-state index in [0.717, 1.165) is 18.4 Å². The molecule has 0 unspecified atom stereocenters. The molecule has 1 amide bonds. The maximum Gasteiger partial charge on any atom is 0.272 e. The van der Waals surface area contributed by atoms with E-state index >= 15 is 0 Å². The van der Waals surface area contributed by atoms with Gasteiger partial charge in [-0.15, -0.1) is 0 Å². The van der Waals surface area contributed by atoms with Crippen molar-refractivity contribution < 1.29 is 4.79 Å². The van der Waals surface area contributed by atoms with Crippen LogP contribution in [0.2, 0.25) is 0 Å². The second-order valence-electron chi connectivity index (χ2n) is 5.28. The quantitative estimate of drug-likeness (QED) is 0.792. The van der Waals surface area contributed by atoms with Gasteiger partial charge in [-0.3, -0.25) is 4.79 Å². The Morgan fingerprint density at radius 2 is 2.10 bits per heavy atom.